The zero-order valence-electron chi connectivity index (χ0n) is 17.5. The van der Waals surface area contributed by atoms with E-state index in [4.69, 9.17) is 0 Å². The molecular formula is C23H36O4. The van der Waals surface area contributed by atoms with Gasteiger partial charge in [0.2, 0.25) is 5.79 Å². The summed E-state index contributed by atoms with van der Waals surface area (Å²) in [6.45, 7) is 10.7. The minimum absolute atomic E-state index is 0.0446. The molecule has 8 atom stereocenters. The lowest BCUT2D eigenvalue weighted by Crippen LogP contribution is -2.62. The normalized spacial score (nSPS) is 54.0. The van der Waals surface area contributed by atoms with Gasteiger partial charge in [-0.05, 0) is 79.4 Å². The fraction of sp³-hybridized carbons (Fsp3) is 0.913. The standard InChI is InChI=1S/C23H36O4/c1-13-10-15-16(20(3)12-23(26,27)19(25)11-18(13)20)6-9-22(5)17(15)7-8-21(22,4)14(2)24/h13,15-18,26-27H,6-12H2,1-5H3/t13-,15+,16-,17-,18?,20+,21+,22-/m0/s1. The van der Waals surface area contributed by atoms with Crippen LogP contribution in [0.4, 0.5) is 0 Å². The van der Waals surface area contributed by atoms with Crippen LogP contribution >= 0.6 is 0 Å². The SMILES string of the molecule is CC(=O)[C@@]1(C)CC[C@H]2[C@@H]3C[C@H](C)C4CC(=O)C(O)(O)C[C@]4(C)[C@H]3CC[C@@]21C. The number of carbonyl (C=O) groups excluding carboxylic acids is 2. The maximum atomic E-state index is 12.6. The Labute approximate surface area is 163 Å². The predicted molar refractivity (Wildman–Crippen MR) is 103 cm³/mol. The molecule has 27 heavy (non-hydrogen) atoms. The number of hydrogen-bond acceptors (Lipinski definition) is 4. The van der Waals surface area contributed by atoms with Gasteiger partial charge in [-0.1, -0.05) is 27.7 Å². The van der Waals surface area contributed by atoms with E-state index in [1.54, 1.807) is 6.92 Å². The molecule has 4 rings (SSSR count). The van der Waals surface area contributed by atoms with Gasteiger partial charge >= 0.3 is 0 Å². The smallest absolute Gasteiger partial charge is 0.224 e. The van der Waals surface area contributed by atoms with Gasteiger partial charge in [-0.2, -0.15) is 0 Å². The van der Waals surface area contributed by atoms with Gasteiger partial charge in [0.25, 0.3) is 0 Å². The van der Waals surface area contributed by atoms with Crippen molar-refractivity contribution in [3.8, 4) is 0 Å². The Morgan fingerprint density at radius 3 is 2.30 bits per heavy atom. The van der Waals surface area contributed by atoms with E-state index in [0.29, 0.717) is 35.9 Å². The highest BCUT2D eigenvalue weighted by Crippen LogP contribution is 2.71. The Balaban J connectivity index is 1.72. The number of hydrogen-bond donors (Lipinski definition) is 2. The quantitative estimate of drug-likeness (QED) is 0.684. The van der Waals surface area contributed by atoms with Gasteiger partial charge in [0.1, 0.15) is 5.78 Å². The van der Waals surface area contributed by atoms with Crippen LogP contribution in [0.5, 0.6) is 0 Å². The molecule has 0 aromatic carbocycles. The lowest BCUT2D eigenvalue weighted by atomic mass is 9.41. The molecule has 4 fully saturated rings. The zero-order valence-corrected chi connectivity index (χ0v) is 17.5. The second-order valence-electron chi connectivity index (χ2n) is 11.2. The summed E-state index contributed by atoms with van der Waals surface area (Å²) in [6, 6.07) is 0. The third kappa shape index (κ3) is 2.35. The number of ketones is 2. The maximum Gasteiger partial charge on any atom is 0.224 e. The molecule has 0 aromatic heterocycles. The van der Waals surface area contributed by atoms with Gasteiger partial charge in [-0.3, -0.25) is 9.59 Å². The van der Waals surface area contributed by atoms with E-state index in [0.717, 1.165) is 32.1 Å². The predicted octanol–water partition coefficient (Wildman–Crippen LogP) is 3.73. The molecule has 0 saturated heterocycles. The number of rotatable bonds is 1. The topological polar surface area (TPSA) is 74.6 Å². The summed E-state index contributed by atoms with van der Waals surface area (Å²) in [5.74, 6) is -0.144. The molecular weight excluding hydrogens is 340 g/mol. The van der Waals surface area contributed by atoms with Crippen molar-refractivity contribution in [3.63, 3.8) is 0 Å². The molecule has 0 spiro atoms. The number of aliphatic hydroxyl groups is 2. The first-order valence-corrected chi connectivity index (χ1v) is 10.9. The fourth-order valence-electron chi connectivity index (χ4n) is 8.49. The van der Waals surface area contributed by atoms with E-state index in [2.05, 4.69) is 27.7 Å². The average Bonchev–Trinajstić information content (AvgIpc) is 2.83. The van der Waals surface area contributed by atoms with Crippen molar-refractivity contribution in [1.29, 1.82) is 0 Å². The van der Waals surface area contributed by atoms with Crippen LogP contribution in [-0.2, 0) is 9.59 Å². The molecule has 1 unspecified atom stereocenters. The highest BCUT2D eigenvalue weighted by atomic mass is 16.5. The minimum Gasteiger partial charge on any atom is -0.360 e. The van der Waals surface area contributed by atoms with Gasteiger partial charge in [-0.25, -0.2) is 0 Å². The average molecular weight is 377 g/mol. The molecule has 0 bridgehead atoms. The van der Waals surface area contributed by atoms with Crippen molar-refractivity contribution in [2.24, 2.45) is 45.8 Å². The van der Waals surface area contributed by atoms with E-state index in [-0.39, 0.29) is 28.6 Å². The molecule has 0 radical (unpaired) electrons. The second-order valence-corrected chi connectivity index (χ2v) is 11.2. The molecule has 152 valence electrons. The van der Waals surface area contributed by atoms with Gasteiger partial charge in [-0.15, -0.1) is 0 Å². The molecule has 4 nitrogen and oxygen atoms in total. The first-order chi connectivity index (χ1) is 12.4. The summed E-state index contributed by atoms with van der Waals surface area (Å²) in [6.07, 6.45) is 5.71. The van der Waals surface area contributed by atoms with E-state index in [9.17, 15) is 19.8 Å². The molecule has 2 N–H and O–H groups in total. The lowest BCUT2D eigenvalue weighted by Gasteiger charge is -2.63. The summed E-state index contributed by atoms with van der Waals surface area (Å²) < 4.78 is 0. The Morgan fingerprint density at radius 1 is 1.04 bits per heavy atom. The van der Waals surface area contributed by atoms with E-state index in [1.807, 2.05) is 0 Å². The van der Waals surface area contributed by atoms with Gasteiger partial charge < -0.3 is 10.2 Å². The molecule has 4 aliphatic carbocycles. The third-order valence-electron chi connectivity index (χ3n) is 10.3. The van der Waals surface area contributed by atoms with Crippen molar-refractivity contribution in [2.45, 2.75) is 85.4 Å². The first-order valence-electron chi connectivity index (χ1n) is 10.9. The summed E-state index contributed by atoms with van der Waals surface area (Å²) in [7, 11) is 0. The molecule has 4 aliphatic rings. The molecule has 4 saturated carbocycles. The van der Waals surface area contributed by atoms with E-state index >= 15 is 0 Å². The number of fused-ring (bicyclic) bond motifs is 5. The monoisotopic (exact) mass is 376 g/mol. The van der Waals surface area contributed by atoms with Crippen molar-refractivity contribution >= 4 is 11.6 Å². The molecule has 0 heterocycles. The molecule has 4 heteroatoms. The highest BCUT2D eigenvalue weighted by molar-refractivity contribution is 5.86. The van der Waals surface area contributed by atoms with Crippen LogP contribution < -0.4 is 0 Å². The Morgan fingerprint density at radius 2 is 1.67 bits per heavy atom. The summed E-state index contributed by atoms with van der Waals surface area (Å²) >= 11 is 0. The molecule has 0 amide bonds. The van der Waals surface area contributed by atoms with Crippen molar-refractivity contribution in [2.75, 3.05) is 0 Å². The van der Waals surface area contributed by atoms with E-state index < -0.39 is 11.6 Å². The Hall–Kier alpha value is -0.740. The largest absolute Gasteiger partial charge is 0.360 e. The van der Waals surface area contributed by atoms with Crippen LogP contribution in [0.1, 0.15) is 79.6 Å². The van der Waals surface area contributed by atoms with Crippen LogP contribution in [0, 0.1) is 45.8 Å². The number of carbonyl (C=O) groups is 2. The summed E-state index contributed by atoms with van der Waals surface area (Å²) in [4.78, 5) is 24.8. The van der Waals surface area contributed by atoms with Crippen molar-refractivity contribution in [3.05, 3.63) is 0 Å². The zero-order chi connectivity index (χ0) is 20.0. The van der Waals surface area contributed by atoms with Gasteiger partial charge in [0, 0.05) is 18.3 Å². The molecule has 0 aromatic rings. The minimum atomic E-state index is -2.17. The van der Waals surface area contributed by atoms with Crippen LogP contribution in [0.3, 0.4) is 0 Å². The van der Waals surface area contributed by atoms with Crippen LogP contribution in [0.15, 0.2) is 0 Å². The first kappa shape index (κ1) is 19.6. The lowest BCUT2D eigenvalue weighted by molar-refractivity contribution is -0.235. The van der Waals surface area contributed by atoms with Crippen LogP contribution in [-0.4, -0.2) is 27.6 Å². The summed E-state index contributed by atoms with van der Waals surface area (Å²) in [5, 5.41) is 20.8. The van der Waals surface area contributed by atoms with Gasteiger partial charge in [0.15, 0.2) is 5.78 Å². The van der Waals surface area contributed by atoms with Crippen molar-refractivity contribution in [1.82, 2.24) is 0 Å². The van der Waals surface area contributed by atoms with Crippen LogP contribution in [0.25, 0.3) is 0 Å². The third-order valence-corrected chi connectivity index (χ3v) is 10.3. The Bertz CT molecular complexity index is 684. The maximum absolute atomic E-state index is 12.6. The van der Waals surface area contributed by atoms with Crippen molar-refractivity contribution < 1.29 is 19.8 Å². The van der Waals surface area contributed by atoms with E-state index in [1.165, 1.54) is 0 Å². The highest BCUT2D eigenvalue weighted by Gasteiger charge is 2.67. The fourth-order valence-corrected chi connectivity index (χ4v) is 8.49. The Kier molecular flexibility index (Phi) is 4.10. The van der Waals surface area contributed by atoms with Gasteiger partial charge in [0.05, 0.1) is 0 Å². The number of Topliss-reactive ketones (excluding diaryl/α,β-unsaturated/α-hetero) is 2. The second kappa shape index (κ2) is 5.66. The summed E-state index contributed by atoms with van der Waals surface area (Å²) in [5.41, 5.74) is -0.400. The van der Waals surface area contributed by atoms with Crippen LogP contribution in [0.2, 0.25) is 0 Å². The molecule has 0 aliphatic heterocycles.